The first-order valence-electron chi connectivity index (χ1n) is 15.2. The Morgan fingerprint density at radius 1 is 1.02 bits per heavy atom. The Kier molecular flexibility index (Phi) is 8.60. The summed E-state index contributed by atoms with van der Waals surface area (Å²) >= 11 is 1.30. The Morgan fingerprint density at radius 2 is 1.75 bits per heavy atom. The van der Waals surface area contributed by atoms with Gasteiger partial charge in [0.1, 0.15) is 12.1 Å². The molecule has 3 aliphatic heterocycles. The number of thiazole rings is 1. The number of piperazine rings is 1. The summed E-state index contributed by atoms with van der Waals surface area (Å²) in [6, 6.07) is 15.2. The van der Waals surface area contributed by atoms with Crippen molar-refractivity contribution in [3.63, 3.8) is 0 Å². The molecule has 3 aromatic rings. The van der Waals surface area contributed by atoms with Crippen LogP contribution in [0.5, 0.6) is 0 Å². The third-order valence-corrected chi connectivity index (χ3v) is 10.1. The predicted octanol–water partition coefficient (Wildman–Crippen LogP) is 2.40. The second kappa shape index (κ2) is 12.7. The number of ketones is 1. The van der Waals surface area contributed by atoms with E-state index >= 15 is 0 Å². The van der Waals surface area contributed by atoms with Crippen LogP contribution in [-0.4, -0.2) is 93.5 Å². The summed E-state index contributed by atoms with van der Waals surface area (Å²) in [6.45, 7) is 1.44. The van der Waals surface area contributed by atoms with Crippen molar-refractivity contribution < 1.29 is 19.2 Å². The molecule has 0 spiro atoms. The maximum absolute atomic E-state index is 13.9. The number of aryl methyl sites for hydroxylation is 1. The molecule has 3 amide bonds. The zero-order valence-corrected chi connectivity index (χ0v) is 25.3. The summed E-state index contributed by atoms with van der Waals surface area (Å²) in [6.07, 6.45) is 3.45. The van der Waals surface area contributed by atoms with Crippen LogP contribution in [0.15, 0.2) is 54.6 Å². The molecule has 0 unspecified atom stereocenters. The zero-order valence-electron chi connectivity index (χ0n) is 24.5. The zero-order chi connectivity index (χ0) is 30.8. The number of nitrogens with one attached hydrogen (secondary N) is 2. The Hall–Kier alpha value is -4.32. The Labute approximate surface area is 259 Å². The number of carbonyl (C=O) groups is 4. The smallest absolute Gasteiger partial charge is 0.245 e. The van der Waals surface area contributed by atoms with E-state index in [2.05, 4.69) is 10.3 Å². The molecule has 0 radical (unpaired) electrons. The standard InChI is InChI=1S/C32H37N7O4S/c33-32(34)37-17-14-21(15-18-37)27(28(41)30-35-22-10-4-5-11-25(22)44-30)36-29(42)23-12-13-24-31(43)38(19-26(40)39(23)24)16-6-9-20-7-2-1-3-8-20/h1-5,7-8,10-11,21,23-24,27H,6,9,12-19H2,(H3,33,34)(H,36,42)/t23-,24-,27-/m0/s1. The number of benzene rings is 2. The minimum atomic E-state index is -0.846. The van der Waals surface area contributed by atoms with Crippen LogP contribution in [0.3, 0.4) is 0 Å². The quantitative estimate of drug-likeness (QED) is 0.190. The monoisotopic (exact) mass is 615 g/mol. The van der Waals surface area contributed by atoms with E-state index in [1.165, 1.54) is 21.8 Å². The first-order chi connectivity index (χ1) is 21.3. The normalized spacial score (nSPS) is 21.4. The number of Topliss-reactive ketones (excluding diaryl/α,β-unsaturated/α-hetero) is 1. The number of likely N-dealkylation sites (tertiary alicyclic amines) is 1. The first-order valence-corrected chi connectivity index (χ1v) is 16.0. The van der Waals surface area contributed by atoms with Gasteiger partial charge in [0.05, 0.1) is 22.8 Å². The van der Waals surface area contributed by atoms with E-state index in [-0.39, 0.29) is 36.0 Å². The molecule has 230 valence electrons. The molecule has 3 aliphatic rings. The van der Waals surface area contributed by atoms with Crippen LogP contribution in [0.2, 0.25) is 0 Å². The van der Waals surface area contributed by atoms with E-state index in [0.29, 0.717) is 50.3 Å². The maximum Gasteiger partial charge on any atom is 0.245 e. The predicted molar refractivity (Wildman–Crippen MR) is 167 cm³/mol. The summed E-state index contributed by atoms with van der Waals surface area (Å²) in [7, 11) is 0. The highest BCUT2D eigenvalue weighted by Crippen LogP contribution is 2.31. The number of fused-ring (bicyclic) bond motifs is 2. The van der Waals surface area contributed by atoms with E-state index in [4.69, 9.17) is 11.1 Å². The number of para-hydroxylation sites is 1. The van der Waals surface area contributed by atoms with Gasteiger partial charge in [-0.25, -0.2) is 4.98 Å². The van der Waals surface area contributed by atoms with E-state index in [1.807, 2.05) is 54.6 Å². The van der Waals surface area contributed by atoms with Gasteiger partial charge in [0.15, 0.2) is 11.0 Å². The molecule has 44 heavy (non-hydrogen) atoms. The minimum absolute atomic E-state index is 0.0130. The molecule has 3 fully saturated rings. The van der Waals surface area contributed by atoms with Crippen LogP contribution in [0.25, 0.3) is 10.2 Å². The highest BCUT2D eigenvalue weighted by atomic mass is 32.1. The van der Waals surface area contributed by atoms with Crippen molar-refractivity contribution in [1.82, 2.24) is 25.0 Å². The van der Waals surface area contributed by atoms with Crippen molar-refractivity contribution in [2.24, 2.45) is 11.7 Å². The fraction of sp³-hybridized carbons (Fsp3) is 0.438. The molecule has 2 aromatic carbocycles. The van der Waals surface area contributed by atoms with Crippen LogP contribution in [-0.2, 0) is 20.8 Å². The molecule has 0 saturated carbocycles. The highest BCUT2D eigenvalue weighted by Gasteiger charge is 2.49. The minimum Gasteiger partial charge on any atom is -0.370 e. The number of rotatable bonds is 9. The van der Waals surface area contributed by atoms with E-state index < -0.39 is 24.0 Å². The van der Waals surface area contributed by atoms with Crippen molar-refractivity contribution in [3.8, 4) is 0 Å². The molecule has 12 heteroatoms. The summed E-state index contributed by atoms with van der Waals surface area (Å²) in [5.74, 6) is -1.24. The molecule has 4 heterocycles. The fourth-order valence-corrected chi connectivity index (χ4v) is 7.68. The van der Waals surface area contributed by atoms with Gasteiger partial charge in [0.25, 0.3) is 0 Å². The molecule has 0 bridgehead atoms. The van der Waals surface area contributed by atoms with Crippen LogP contribution in [0.4, 0.5) is 0 Å². The van der Waals surface area contributed by atoms with Crippen molar-refractivity contribution >= 4 is 51.0 Å². The van der Waals surface area contributed by atoms with E-state index in [9.17, 15) is 19.2 Å². The number of nitrogens with zero attached hydrogens (tertiary/aromatic N) is 4. The van der Waals surface area contributed by atoms with Gasteiger partial charge in [-0.15, -0.1) is 11.3 Å². The summed E-state index contributed by atoms with van der Waals surface area (Å²) in [4.78, 5) is 63.9. The number of hydrogen-bond donors (Lipinski definition) is 3. The lowest BCUT2D eigenvalue weighted by Gasteiger charge is -2.39. The second-order valence-corrected chi connectivity index (χ2v) is 12.8. The molecule has 4 N–H and O–H groups in total. The van der Waals surface area contributed by atoms with Gasteiger partial charge in [-0.1, -0.05) is 42.5 Å². The van der Waals surface area contributed by atoms with Gasteiger partial charge in [0, 0.05) is 19.6 Å². The Morgan fingerprint density at radius 3 is 2.48 bits per heavy atom. The van der Waals surface area contributed by atoms with E-state index in [0.717, 1.165) is 23.1 Å². The van der Waals surface area contributed by atoms with Crippen molar-refractivity contribution in [2.75, 3.05) is 26.2 Å². The van der Waals surface area contributed by atoms with E-state index in [1.54, 1.807) is 9.80 Å². The molecule has 1 aromatic heterocycles. The fourth-order valence-electron chi connectivity index (χ4n) is 6.73. The van der Waals surface area contributed by atoms with Crippen LogP contribution >= 0.6 is 11.3 Å². The molecular formula is C32H37N7O4S. The lowest BCUT2D eigenvalue weighted by atomic mass is 9.86. The third-order valence-electron chi connectivity index (χ3n) is 9.07. The highest BCUT2D eigenvalue weighted by molar-refractivity contribution is 7.20. The summed E-state index contributed by atoms with van der Waals surface area (Å²) < 4.78 is 0.886. The summed E-state index contributed by atoms with van der Waals surface area (Å²) in [5.41, 5.74) is 7.60. The van der Waals surface area contributed by atoms with Crippen LogP contribution in [0.1, 0.15) is 47.5 Å². The van der Waals surface area contributed by atoms with Gasteiger partial charge in [0.2, 0.25) is 23.5 Å². The third kappa shape index (κ3) is 6.03. The lowest BCUT2D eigenvalue weighted by Crippen LogP contribution is -2.62. The van der Waals surface area contributed by atoms with Gasteiger partial charge in [-0.2, -0.15) is 0 Å². The van der Waals surface area contributed by atoms with Gasteiger partial charge in [-0.05, 0) is 62.1 Å². The van der Waals surface area contributed by atoms with Crippen molar-refractivity contribution in [2.45, 2.75) is 56.7 Å². The van der Waals surface area contributed by atoms with Crippen molar-refractivity contribution in [3.05, 3.63) is 65.2 Å². The molecule has 3 atom stereocenters. The molecule has 11 nitrogen and oxygen atoms in total. The number of amides is 3. The number of guanidine groups is 1. The van der Waals surface area contributed by atoms with Gasteiger partial charge in [-0.3, -0.25) is 24.6 Å². The molecule has 6 rings (SSSR count). The molecular weight excluding hydrogens is 578 g/mol. The number of hydrogen-bond acceptors (Lipinski definition) is 7. The number of nitrogens with two attached hydrogens (primary N) is 1. The Balaban J connectivity index is 1.15. The molecule has 0 aliphatic carbocycles. The Bertz CT molecular complexity index is 1540. The number of carbonyl (C=O) groups excluding carboxylic acids is 4. The van der Waals surface area contributed by atoms with Crippen molar-refractivity contribution in [1.29, 1.82) is 5.41 Å². The first kappa shape index (κ1) is 29.7. The largest absolute Gasteiger partial charge is 0.370 e. The average Bonchev–Trinajstić information content (AvgIpc) is 3.68. The van der Waals surface area contributed by atoms with Crippen LogP contribution in [0, 0.1) is 11.3 Å². The number of aromatic nitrogens is 1. The second-order valence-electron chi connectivity index (χ2n) is 11.8. The number of piperidine rings is 1. The van der Waals surface area contributed by atoms with Crippen LogP contribution < -0.4 is 11.1 Å². The topological polar surface area (TPSA) is 153 Å². The van der Waals surface area contributed by atoms with Gasteiger partial charge < -0.3 is 25.8 Å². The summed E-state index contributed by atoms with van der Waals surface area (Å²) in [5, 5.41) is 11.1. The molecule has 3 saturated heterocycles. The maximum atomic E-state index is 13.9. The lowest BCUT2D eigenvalue weighted by molar-refractivity contribution is -0.157. The van der Waals surface area contributed by atoms with Gasteiger partial charge >= 0.3 is 0 Å². The average molecular weight is 616 g/mol. The SMILES string of the molecule is N=C(N)N1CCC([C@H](NC(=O)[C@@H]2CC[C@H]3C(=O)N(CCCc4ccccc4)CC(=O)N23)C(=O)c2nc3ccccc3s2)CC1.